The molecule has 3 N–H and O–H groups in total. The lowest BCUT2D eigenvalue weighted by molar-refractivity contribution is 1.45. The van der Waals surface area contributed by atoms with Crippen molar-refractivity contribution in [2.24, 2.45) is 10.7 Å². The quantitative estimate of drug-likeness (QED) is 0.505. The Morgan fingerprint density at radius 3 is 2.76 bits per heavy atom. The number of hydrogen-bond donors (Lipinski definition) is 2. The molecule has 17 heavy (non-hydrogen) atoms. The van der Waals surface area contributed by atoms with E-state index in [1.54, 1.807) is 18.4 Å². The van der Waals surface area contributed by atoms with Crippen molar-refractivity contribution in [1.82, 2.24) is 0 Å². The van der Waals surface area contributed by atoms with Crippen molar-refractivity contribution < 1.29 is 0 Å². The standard InChI is InChI=1S/C11H12BrN3.C2H6/c1-2-3-7-14-11(13)15-10-6-4-5-9(12)8-10;1-2/h2-8H,1H2,(H3,13,14,15);1-2H3/b7-3-;. The Morgan fingerprint density at radius 2 is 2.18 bits per heavy atom. The summed E-state index contributed by atoms with van der Waals surface area (Å²) in [6.07, 6.45) is 4.92. The number of rotatable bonds is 3. The van der Waals surface area contributed by atoms with Crippen molar-refractivity contribution >= 4 is 27.6 Å². The first kappa shape index (κ1) is 15.5. The Kier molecular flexibility index (Phi) is 8.78. The molecule has 0 spiro atoms. The molecular formula is C13H18BrN3. The van der Waals surface area contributed by atoms with Crippen LogP contribution in [0.5, 0.6) is 0 Å². The van der Waals surface area contributed by atoms with E-state index >= 15 is 0 Å². The molecule has 1 aromatic rings. The van der Waals surface area contributed by atoms with E-state index in [1.807, 2.05) is 38.1 Å². The summed E-state index contributed by atoms with van der Waals surface area (Å²) in [6.45, 7) is 7.53. The number of nitrogens with zero attached hydrogens (tertiary/aromatic N) is 1. The number of halogens is 1. The maximum Gasteiger partial charge on any atom is 0.197 e. The summed E-state index contributed by atoms with van der Waals surface area (Å²) in [6, 6.07) is 7.68. The van der Waals surface area contributed by atoms with E-state index < -0.39 is 0 Å². The van der Waals surface area contributed by atoms with E-state index in [-0.39, 0.29) is 0 Å². The van der Waals surface area contributed by atoms with E-state index in [2.05, 4.69) is 32.8 Å². The second kappa shape index (κ2) is 9.66. The van der Waals surface area contributed by atoms with E-state index in [1.165, 1.54) is 0 Å². The van der Waals surface area contributed by atoms with Gasteiger partial charge in [-0.2, -0.15) is 0 Å². The van der Waals surface area contributed by atoms with Gasteiger partial charge in [0.05, 0.1) is 0 Å². The summed E-state index contributed by atoms with van der Waals surface area (Å²) in [5.41, 5.74) is 6.52. The molecule has 0 saturated carbocycles. The normalized spacial score (nSPS) is 10.6. The van der Waals surface area contributed by atoms with Gasteiger partial charge in [-0.1, -0.05) is 48.5 Å². The summed E-state index contributed by atoms with van der Waals surface area (Å²) >= 11 is 3.37. The molecular weight excluding hydrogens is 278 g/mol. The van der Waals surface area contributed by atoms with Crippen LogP contribution in [0.15, 0.2) is 58.7 Å². The van der Waals surface area contributed by atoms with Gasteiger partial charge < -0.3 is 11.1 Å². The van der Waals surface area contributed by atoms with Gasteiger partial charge in [-0.25, -0.2) is 4.99 Å². The van der Waals surface area contributed by atoms with Crippen LogP contribution in [-0.4, -0.2) is 5.96 Å². The predicted molar refractivity (Wildman–Crippen MR) is 80.1 cm³/mol. The molecule has 0 unspecified atom stereocenters. The van der Waals surface area contributed by atoms with Crippen LogP contribution in [0.1, 0.15) is 13.8 Å². The van der Waals surface area contributed by atoms with Crippen LogP contribution in [0.2, 0.25) is 0 Å². The maximum absolute atomic E-state index is 5.63. The zero-order chi connectivity index (χ0) is 13.1. The highest BCUT2D eigenvalue weighted by Gasteiger charge is 1.93. The number of benzene rings is 1. The molecule has 4 heteroatoms. The van der Waals surface area contributed by atoms with Crippen LogP contribution >= 0.6 is 15.9 Å². The van der Waals surface area contributed by atoms with E-state index in [9.17, 15) is 0 Å². The highest BCUT2D eigenvalue weighted by molar-refractivity contribution is 9.10. The third-order valence-corrected chi connectivity index (χ3v) is 2.03. The van der Waals surface area contributed by atoms with Gasteiger partial charge in [0.15, 0.2) is 5.96 Å². The van der Waals surface area contributed by atoms with Crippen molar-refractivity contribution in [3.63, 3.8) is 0 Å². The van der Waals surface area contributed by atoms with Crippen molar-refractivity contribution in [3.8, 4) is 0 Å². The van der Waals surface area contributed by atoms with Crippen LogP contribution < -0.4 is 11.1 Å². The average molecular weight is 296 g/mol. The van der Waals surface area contributed by atoms with Gasteiger partial charge in [0, 0.05) is 16.4 Å². The summed E-state index contributed by atoms with van der Waals surface area (Å²) in [4.78, 5) is 3.96. The average Bonchev–Trinajstić information content (AvgIpc) is 2.32. The molecule has 1 rings (SSSR count). The maximum atomic E-state index is 5.63. The Morgan fingerprint density at radius 1 is 1.47 bits per heavy atom. The van der Waals surface area contributed by atoms with Crippen LogP contribution in [0.25, 0.3) is 0 Å². The minimum absolute atomic E-state index is 0.339. The van der Waals surface area contributed by atoms with Gasteiger partial charge in [0.1, 0.15) is 0 Å². The van der Waals surface area contributed by atoms with Gasteiger partial charge in [-0.3, -0.25) is 0 Å². The molecule has 1 aromatic carbocycles. The highest BCUT2D eigenvalue weighted by Crippen LogP contribution is 2.15. The third-order valence-electron chi connectivity index (χ3n) is 1.53. The lowest BCUT2D eigenvalue weighted by atomic mass is 10.3. The number of hydrogen-bond acceptors (Lipinski definition) is 1. The Labute approximate surface area is 111 Å². The van der Waals surface area contributed by atoms with Crippen LogP contribution in [0, 0.1) is 0 Å². The Hall–Kier alpha value is -1.55. The Balaban J connectivity index is 0.00000121. The van der Waals surface area contributed by atoms with Gasteiger partial charge in [0.2, 0.25) is 0 Å². The number of aliphatic imine (C=N–C) groups is 1. The molecule has 0 fully saturated rings. The topological polar surface area (TPSA) is 50.4 Å². The second-order valence-electron chi connectivity index (χ2n) is 2.73. The van der Waals surface area contributed by atoms with Gasteiger partial charge in [-0.05, 0) is 24.3 Å². The number of guanidine groups is 1. The number of nitrogens with one attached hydrogen (secondary N) is 1. The molecule has 0 heterocycles. The van der Waals surface area contributed by atoms with Crippen molar-refractivity contribution in [2.75, 3.05) is 5.32 Å². The monoisotopic (exact) mass is 295 g/mol. The summed E-state index contributed by atoms with van der Waals surface area (Å²) in [5, 5.41) is 2.95. The molecule has 0 radical (unpaired) electrons. The van der Waals surface area contributed by atoms with Crippen LogP contribution in [0.4, 0.5) is 5.69 Å². The van der Waals surface area contributed by atoms with Crippen molar-refractivity contribution in [3.05, 3.63) is 53.7 Å². The van der Waals surface area contributed by atoms with Gasteiger partial charge in [-0.15, -0.1) is 0 Å². The molecule has 0 aliphatic carbocycles. The summed E-state index contributed by atoms with van der Waals surface area (Å²) < 4.78 is 0.988. The molecule has 0 aromatic heterocycles. The van der Waals surface area contributed by atoms with Gasteiger partial charge in [0.25, 0.3) is 0 Å². The van der Waals surface area contributed by atoms with Crippen LogP contribution in [-0.2, 0) is 0 Å². The first-order valence-electron chi connectivity index (χ1n) is 5.36. The first-order chi connectivity index (χ1) is 8.22. The number of allylic oxidation sites excluding steroid dienone is 2. The molecule has 0 saturated heterocycles. The fourth-order valence-electron chi connectivity index (χ4n) is 0.931. The second-order valence-corrected chi connectivity index (χ2v) is 3.64. The predicted octanol–water partition coefficient (Wildman–Crippen LogP) is 3.90. The minimum Gasteiger partial charge on any atom is -0.369 e. The first-order valence-corrected chi connectivity index (χ1v) is 6.15. The number of anilines is 1. The lowest BCUT2D eigenvalue weighted by Crippen LogP contribution is -2.21. The molecule has 0 aliphatic heterocycles. The molecule has 0 aliphatic rings. The van der Waals surface area contributed by atoms with Crippen molar-refractivity contribution in [1.29, 1.82) is 0 Å². The molecule has 0 amide bonds. The zero-order valence-corrected chi connectivity index (χ0v) is 11.7. The lowest BCUT2D eigenvalue weighted by Gasteiger charge is -2.04. The molecule has 92 valence electrons. The van der Waals surface area contributed by atoms with Crippen LogP contribution in [0.3, 0.4) is 0 Å². The Bertz CT molecular complexity index is 397. The van der Waals surface area contributed by atoms with E-state index in [0.29, 0.717) is 5.96 Å². The largest absolute Gasteiger partial charge is 0.369 e. The number of nitrogens with two attached hydrogens (primary N) is 1. The smallest absolute Gasteiger partial charge is 0.197 e. The fraction of sp³-hybridized carbons (Fsp3) is 0.154. The summed E-state index contributed by atoms with van der Waals surface area (Å²) in [5.74, 6) is 0.339. The highest BCUT2D eigenvalue weighted by atomic mass is 79.9. The van der Waals surface area contributed by atoms with Crippen molar-refractivity contribution in [2.45, 2.75) is 13.8 Å². The molecule has 0 bridgehead atoms. The fourth-order valence-corrected chi connectivity index (χ4v) is 1.33. The van der Waals surface area contributed by atoms with E-state index in [4.69, 9.17) is 5.73 Å². The molecule has 0 atom stereocenters. The third kappa shape index (κ3) is 7.36. The van der Waals surface area contributed by atoms with E-state index in [0.717, 1.165) is 10.2 Å². The zero-order valence-electron chi connectivity index (χ0n) is 10.2. The SMILES string of the molecule is C=C/C=C\N=C(N)Nc1cccc(Br)c1.CC. The summed E-state index contributed by atoms with van der Waals surface area (Å²) in [7, 11) is 0. The van der Waals surface area contributed by atoms with Gasteiger partial charge >= 0.3 is 0 Å². The minimum atomic E-state index is 0.339. The molecule has 3 nitrogen and oxygen atoms in total.